The summed E-state index contributed by atoms with van der Waals surface area (Å²) in [7, 11) is -7.90. The van der Waals surface area contributed by atoms with Gasteiger partial charge in [-0.1, -0.05) is 0 Å². The fourth-order valence-corrected chi connectivity index (χ4v) is 4.10. The Morgan fingerprint density at radius 2 is 1.53 bits per heavy atom. The third kappa shape index (κ3) is 3.52. The molecule has 19 heavy (non-hydrogen) atoms. The summed E-state index contributed by atoms with van der Waals surface area (Å²) in [5.41, 5.74) is 5.00. The van der Waals surface area contributed by atoms with Crippen LogP contribution in [0.5, 0.6) is 0 Å². The van der Waals surface area contributed by atoms with E-state index < -0.39 is 40.8 Å². The highest BCUT2D eigenvalue weighted by atomic mass is 32.2. The fraction of sp³-hybridized carbons (Fsp3) is 0.455. The fourth-order valence-electron chi connectivity index (χ4n) is 1.58. The van der Waals surface area contributed by atoms with Gasteiger partial charge in [0.2, 0.25) is 0 Å². The Hall–Kier alpha value is -0.990. The van der Waals surface area contributed by atoms with Gasteiger partial charge in [-0.15, -0.1) is 0 Å². The summed E-state index contributed by atoms with van der Waals surface area (Å²) >= 11 is 0. The van der Waals surface area contributed by atoms with Crippen LogP contribution in [-0.2, 0) is 25.2 Å². The Morgan fingerprint density at radius 3 is 1.84 bits per heavy atom. The van der Waals surface area contributed by atoms with Crippen molar-refractivity contribution in [2.45, 2.75) is 29.2 Å². The molecule has 0 bridgehead atoms. The zero-order valence-corrected chi connectivity index (χ0v) is 12.7. The lowest BCUT2D eigenvalue weighted by Crippen LogP contribution is -2.29. The number of hydrogen-bond donors (Lipinski definition) is 1. The lowest BCUT2D eigenvalue weighted by Gasteiger charge is -2.21. The molecule has 0 radical (unpaired) electrons. The predicted molar refractivity (Wildman–Crippen MR) is 69.8 cm³/mol. The minimum absolute atomic E-state index is 0.206. The molecular formula is C11H16FNO4S2. The van der Waals surface area contributed by atoms with Crippen molar-refractivity contribution in [3.63, 3.8) is 0 Å². The number of halogens is 1. The van der Waals surface area contributed by atoms with Gasteiger partial charge in [0.25, 0.3) is 0 Å². The molecule has 0 spiro atoms. The zero-order valence-electron chi connectivity index (χ0n) is 11.1. The summed E-state index contributed by atoms with van der Waals surface area (Å²) < 4.78 is 60.4. The van der Waals surface area contributed by atoms with E-state index in [1.165, 1.54) is 0 Å². The van der Waals surface area contributed by atoms with Gasteiger partial charge in [0.15, 0.2) is 19.7 Å². The highest BCUT2D eigenvalue weighted by molar-refractivity contribution is 7.93. The Balaban J connectivity index is 3.90. The second-order valence-electron chi connectivity index (χ2n) is 5.05. The molecule has 1 aromatic carbocycles. The van der Waals surface area contributed by atoms with Gasteiger partial charge in [-0.2, -0.15) is 0 Å². The molecule has 1 rings (SSSR count). The molecule has 5 nitrogen and oxygen atoms in total. The van der Waals surface area contributed by atoms with Crippen molar-refractivity contribution in [2.24, 2.45) is 5.73 Å². The second kappa shape index (κ2) is 4.53. The minimum atomic E-state index is -4.00. The van der Waals surface area contributed by atoms with E-state index in [9.17, 15) is 21.2 Å². The number of sulfone groups is 2. The number of rotatable bonds is 3. The molecular weight excluding hydrogens is 293 g/mol. The summed E-state index contributed by atoms with van der Waals surface area (Å²) in [6.07, 6.45) is 1.58. The van der Waals surface area contributed by atoms with Gasteiger partial charge in [-0.25, -0.2) is 21.2 Å². The lowest BCUT2D eigenvalue weighted by atomic mass is 9.96. The van der Waals surface area contributed by atoms with Crippen molar-refractivity contribution in [3.05, 3.63) is 23.5 Å². The molecule has 0 unspecified atom stereocenters. The number of benzene rings is 1. The highest BCUT2D eigenvalue weighted by Crippen LogP contribution is 2.29. The number of hydrogen-bond acceptors (Lipinski definition) is 5. The molecule has 108 valence electrons. The average molecular weight is 309 g/mol. The van der Waals surface area contributed by atoms with Crippen LogP contribution in [0.4, 0.5) is 4.39 Å². The van der Waals surface area contributed by atoms with E-state index in [1.54, 1.807) is 13.8 Å². The van der Waals surface area contributed by atoms with Gasteiger partial charge in [0.05, 0.1) is 4.90 Å². The van der Waals surface area contributed by atoms with Crippen molar-refractivity contribution in [1.82, 2.24) is 0 Å². The molecule has 0 aliphatic heterocycles. The third-order valence-electron chi connectivity index (χ3n) is 2.52. The molecule has 0 aromatic heterocycles. The summed E-state index contributed by atoms with van der Waals surface area (Å²) in [6, 6.07) is 2.06. The standard InChI is InChI=1S/C11H16FNO4S2/c1-11(2,13)7-5-8(12)10(19(4,16)17)9(6-7)18(3,14)15/h5-6H,13H2,1-4H3. The van der Waals surface area contributed by atoms with Gasteiger partial charge in [0, 0.05) is 18.1 Å². The van der Waals surface area contributed by atoms with Crippen LogP contribution < -0.4 is 5.73 Å². The SMILES string of the molecule is CC(C)(N)c1cc(F)c(S(C)(=O)=O)c(S(C)(=O)=O)c1. The van der Waals surface area contributed by atoms with Crippen LogP contribution in [0, 0.1) is 5.82 Å². The van der Waals surface area contributed by atoms with Crippen LogP contribution in [0.25, 0.3) is 0 Å². The van der Waals surface area contributed by atoms with Gasteiger partial charge in [0.1, 0.15) is 10.7 Å². The maximum atomic E-state index is 14.0. The molecule has 0 atom stereocenters. The minimum Gasteiger partial charge on any atom is -0.322 e. The van der Waals surface area contributed by atoms with Crippen LogP contribution in [0.1, 0.15) is 19.4 Å². The Kier molecular flexibility index (Phi) is 3.83. The molecule has 0 fully saturated rings. The van der Waals surface area contributed by atoms with E-state index in [1.807, 2.05) is 0 Å². The molecule has 0 saturated heterocycles. The van der Waals surface area contributed by atoms with Gasteiger partial charge in [-0.3, -0.25) is 0 Å². The van der Waals surface area contributed by atoms with Crippen molar-refractivity contribution in [1.29, 1.82) is 0 Å². The normalized spacial score (nSPS) is 13.6. The van der Waals surface area contributed by atoms with E-state index >= 15 is 0 Å². The molecule has 1 aromatic rings. The lowest BCUT2D eigenvalue weighted by molar-refractivity contribution is 0.522. The Labute approximate surface area is 112 Å². The van der Waals surface area contributed by atoms with E-state index in [-0.39, 0.29) is 5.56 Å². The smallest absolute Gasteiger partial charge is 0.179 e. The summed E-state index contributed by atoms with van der Waals surface area (Å²) in [6.45, 7) is 3.13. The molecule has 0 aliphatic rings. The summed E-state index contributed by atoms with van der Waals surface area (Å²) in [4.78, 5) is -1.38. The maximum absolute atomic E-state index is 14.0. The van der Waals surface area contributed by atoms with Crippen LogP contribution in [-0.4, -0.2) is 29.3 Å². The van der Waals surface area contributed by atoms with E-state index in [2.05, 4.69) is 0 Å². The van der Waals surface area contributed by atoms with Crippen molar-refractivity contribution >= 4 is 19.7 Å². The Bertz CT molecular complexity index is 716. The first-order chi connectivity index (χ1) is 8.24. The third-order valence-corrected chi connectivity index (χ3v) is 4.93. The molecule has 2 N–H and O–H groups in total. The van der Waals surface area contributed by atoms with E-state index in [0.717, 1.165) is 24.6 Å². The van der Waals surface area contributed by atoms with Crippen LogP contribution in [0.15, 0.2) is 21.9 Å². The largest absolute Gasteiger partial charge is 0.322 e. The zero-order chi connectivity index (χ0) is 15.2. The van der Waals surface area contributed by atoms with Crippen LogP contribution >= 0.6 is 0 Å². The average Bonchev–Trinajstić information content (AvgIpc) is 2.11. The predicted octanol–water partition coefficient (Wildman–Crippen LogP) is 0.827. The first-order valence-corrected chi connectivity index (χ1v) is 9.06. The highest BCUT2D eigenvalue weighted by Gasteiger charge is 2.28. The first-order valence-electron chi connectivity index (χ1n) is 5.27. The maximum Gasteiger partial charge on any atom is 0.179 e. The topological polar surface area (TPSA) is 94.3 Å². The van der Waals surface area contributed by atoms with Crippen LogP contribution in [0.2, 0.25) is 0 Å². The molecule has 0 amide bonds. The molecule has 0 saturated carbocycles. The summed E-state index contributed by atoms with van der Waals surface area (Å²) in [5.74, 6) is -1.11. The second-order valence-corrected chi connectivity index (χ2v) is 8.99. The van der Waals surface area contributed by atoms with Crippen molar-refractivity contribution in [2.75, 3.05) is 12.5 Å². The van der Waals surface area contributed by atoms with Gasteiger partial charge >= 0.3 is 0 Å². The van der Waals surface area contributed by atoms with Crippen molar-refractivity contribution in [3.8, 4) is 0 Å². The molecule has 0 aliphatic carbocycles. The van der Waals surface area contributed by atoms with E-state index in [4.69, 9.17) is 5.73 Å². The van der Waals surface area contributed by atoms with Gasteiger partial charge in [-0.05, 0) is 31.5 Å². The first kappa shape index (κ1) is 16.1. The monoisotopic (exact) mass is 309 g/mol. The quantitative estimate of drug-likeness (QED) is 0.892. The van der Waals surface area contributed by atoms with Gasteiger partial charge < -0.3 is 5.73 Å². The summed E-state index contributed by atoms with van der Waals surface area (Å²) in [5, 5.41) is 0. The molecule has 0 heterocycles. The van der Waals surface area contributed by atoms with E-state index in [0.29, 0.717) is 0 Å². The van der Waals surface area contributed by atoms with Crippen LogP contribution in [0.3, 0.4) is 0 Å². The molecule has 8 heteroatoms. The number of nitrogens with two attached hydrogens (primary N) is 1. The Morgan fingerprint density at radius 1 is 1.05 bits per heavy atom. The van der Waals surface area contributed by atoms with Crippen molar-refractivity contribution < 1.29 is 21.2 Å².